The zero-order chi connectivity index (χ0) is 13.2. The minimum absolute atomic E-state index is 0.672. The van der Waals surface area contributed by atoms with Gasteiger partial charge in [0.25, 0.3) is 0 Å². The van der Waals surface area contributed by atoms with Crippen LogP contribution in [0.2, 0.25) is 0 Å². The fourth-order valence-electron chi connectivity index (χ4n) is 2.10. The van der Waals surface area contributed by atoms with Gasteiger partial charge in [-0.2, -0.15) is 0 Å². The molecule has 0 bridgehead atoms. The number of aliphatic carboxylic acids is 1. The summed E-state index contributed by atoms with van der Waals surface area (Å²) in [5, 5.41) is 17.4. The molecule has 0 saturated heterocycles. The Morgan fingerprint density at radius 1 is 1.05 bits per heavy atom. The third kappa shape index (κ3) is 1.95. The summed E-state index contributed by atoms with van der Waals surface area (Å²) < 4.78 is 1.44. The smallest absolute Gasteiger partial charge is 0.333 e. The van der Waals surface area contributed by atoms with Gasteiger partial charge in [-0.15, -0.1) is 5.10 Å². The summed E-state index contributed by atoms with van der Waals surface area (Å²) in [6.45, 7) is 0. The van der Waals surface area contributed by atoms with E-state index >= 15 is 0 Å². The van der Waals surface area contributed by atoms with Gasteiger partial charge < -0.3 is 5.11 Å². The molecular weight excluding hydrogens is 242 g/mol. The average Bonchev–Trinajstić information content (AvgIpc) is 2.84. The molecule has 2 aromatic carbocycles. The third-order valence-electron chi connectivity index (χ3n) is 2.97. The van der Waals surface area contributed by atoms with Gasteiger partial charge in [0, 0.05) is 0 Å². The van der Waals surface area contributed by atoms with Crippen LogP contribution in [-0.2, 0) is 4.79 Å². The van der Waals surface area contributed by atoms with Crippen LogP contribution in [0.3, 0.4) is 0 Å². The summed E-state index contributed by atoms with van der Waals surface area (Å²) in [5.74, 6) is -0.957. The molecule has 0 aliphatic carbocycles. The van der Waals surface area contributed by atoms with Gasteiger partial charge in [-0.1, -0.05) is 47.7 Å². The quantitative estimate of drug-likeness (QED) is 0.776. The first kappa shape index (κ1) is 11.4. The van der Waals surface area contributed by atoms with E-state index in [9.17, 15) is 9.90 Å². The lowest BCUT2D eigenvalue weighted by molar-refractivity contribution is -0.139. The van der Waals surface area contributed by atoms with E-state index in [4.69, 9.17) is 0 Å². The van der Waals surface area contributed by atoms with Crippen LogP contribution in [0.1, 0.15) is 11.6 Å². The number of carbonyl (C=O) groups is 1. The van der Waals surface area contributed by atoms with Gasteiger partial charge in [0.15, 0.2) is 6.04 Å². The van der Waals surface area contributed by atoms with E-state index in [-0.39, 0.29) is 0 Å². The number of hydrogen-bond donors (Lipinski definition) is 1. The number of fused-ring (bicyclic) bond motifs is 1. The van der Waals surface area contributed by atoms with Gasteiger partial charge in [0.2, 0.25) is 0 Å². The number of carboxylic acid groups (broad SMARTS) is 1. The molecular formula is C14H11N3O2. The van der Waals surface area contributed by atoms with Crippen LogP contribution in [0.25, 0.3) is 11.0 Å². The lowest BCUT2D eigenvalue weighted by Crippen LogP contribution is -2.21. The Balaban J connectivity index is 2.18. The van der Waals surface area contributed by atoms with Crippen LogP contribution in [-0.4, -0.2) is 26.1 Å². The normalized spacial score (nSPS) is 12.4. The summed E-state index contributed by atoms with van der Waals surface area (Å²) >= 11 is 0. The molecule has 1 N–H and O–H groups in total. The molecule has 94 valence electrons. The van der Waals surface area contributed by atoms with E-state index in [1.165, 1.54) is 4.68 Å². The van der Waals surface area contributed by atoms with Crippen LogP contribution in [0.5, 0.6) is 0 Å². The van der Waals surface area contributed by atoms with Gasteiger partial charge >= 0.3 is 5.97 Å². The fourth-order valence-corrected chi connectivity index (χ4v) is 2.10. The molecule has 3 aromatic rings. The molecule has 1 aromatic heterocycles. The first-order chi connectivity index (χ1) is 9.27. The molecule has 0 radical (unpaired) electrons. The number of para-hydroxylation sites is 1. The topological polar surface area (TPSA) is 68.0 Å². The largest absolute Gasteiger partial charge is 0.479 e. The molecule has 3 rings (SSSR count). The molecule has 0 aliphatic rings. The molecule has 1 unspecified atom stereocenters. The summed E-state index contributed by atoms with van der Waals surface area (Å²) in [5.41, 5.74) is 2.06. The number of nitrogens with zero attached hydrogens (tertiary/aromatic N) is 3. The van der Waals surface area contributed by atoms with E-state index in [0.717, 1.165) is 0 Å². The minimum atomic E-state index is -0.957. The summed E-state index contributed by atoms with van der Waals surface area (Å²) in [6.07, 6.45) is 0. The second-order valence-corrected chi connectivity index (χ2v) is 4.17. The minimum Gasteiger partial charge on any atom is -0.479 e. The molecule has 1 atom stereocenters. The Morgan fingerprint density at radius 3 is 2.47 bits per heavy atom. The monoisotopic (exact) mass is 253 g/mol. The number of rotatable bonds is 3. The average molecular weight is 253 g/mol. The van der Waals surface area contributed by atoms with Crippen molar-refractivity contribution in [2.24, 2.45) is 0 Å². The lowest BCUT2D eigenvalue weighted by Gasteiger charge is -2.13. The van der Waals surface area contributed by atoms with Crippen LogP contribution in [0.4, 0.5) is 0 Å². The van der Waals surface area contributed by atoms with E-state index in [1.54, 1.807) is 12.1 Å². The first-order valence-electron chi connectivity index (χ1n) is 5.85. The maximum Gasteiger partial charge on any atom is 0.333 e. The predicted octanol–water partition coefficient (Wildman–Crippen LogP) is 2.11. The molecule has 0 amide bonds. The zero-order valence-electron chi connectivity index (χ0n) is 9.97. The van der Waals surface area contributed by atoms with Crippen LogP contribution in [0.15, 0.2) is 54.6 Å². The van der Waals surface area contributed by atoms with Gasteiger partial charge in [-0.3, -0.25) is 0 Å². The van der Waals surface area contributed by atoms with Crippen molar-refractivity contribution in [2.45, 2.75) is 6.04 Å². The van der Waals surface area contributed by atoms with Crippen LogP contribution >= 0.6 is 0 Å². The van der Waals surface area contributed by atoms with Crippen LogP contribution in [0, 0.1) is 0 Å². The summed E-state index contributed by atoms with van der Waals surface area (Å²) in [4.78, 5) is 11.6. The maximum atomic E-state index is 11.6. The Hall–Kier alpha value is -2.69. The Bertz CT molecular complexity index is 722. The van der Waals surface area contributed by atoms with Crippen LogP contribution < -0.4 is 0 Å². The van der Waals surface area contributed by atoms with E-state index in [0.29, 0.717) is 16.6 Å². The highest BCUT2D eigenvalue weighted by atomic mass is 16.4. The number of benzene rings is 2. The molecule has 0 fully saturated rings. The van der Waals surface area contributed by atoms with Crippen molar-refractivity contribution >= 4 is 17.0 Å². The highest BCUT2D eigenvalue weighted by molar-refractivity contribution is 5.81. The predicted molar refractivity (Wildman–Crippen MR) is 69.7 cm³/mol. The Kier molecular flexibility index (Phi) is 2.72. The number of carboxylic acids is 1. The van der Waals surface area contributed by atoms with Crippen molar-refractivity contribution in [2.75, 3.05) is 0 Å². The van der Waals surface area contributed by atoms with Gasteiger partial charge in [-0.25, -0.2) is 9.48 Å². The van der Waals surface area contributed by atoms with Crippen molar-refractivity contribution in [3.63, 3.8) is 0 Å². The molecule has 5 heteroatoms. The van der Waals surface area contributed by atoms with Gasteiger partial charge in [0.05, 0.1) is 5.52 Å². The van der Waals surface area contributed by atoms with E-state index in [2.05, 4.69) is 10.3 Å². The van der Waals surface area contributed by atoms with Crippen molar-refractivity contribution in [1.82, 2.24) is 15.0 Å². The maximum absolute atomic E-state index is 11.6. The number of aromatic nitrogens is 3. The van der Waals surface area contributed by atoms with Crippen molar-refractivity contribution in [3.8, 4) is 0 Å². The highest BCUT2D eigenvalue weighted by Gasteiger charge is 2.24. The second-order valence-electron chi connectivity index (χ2n) is 4.17. The Labute approximate surface area is 109 Å². The van der Waals surface area contributed by atoms with E-state index < -0.39 is 12.0 Å². The highest BCUT2D eigenvalue weighted by Crippen LogP contribution is 2.22. The molecule has 19 heavy (non-hydrogen) atoms. The fraction of sp³-hybridized carbons (Fsp3) is 0.0714. The molecule has 0 aliphatic heterocycles. The van der Waals surface area contributed by atoms with Gasteiger partial charge in [-0.05, 0) is 17.7 Å². The van der Waals surface area contributed by atoms with Crippen molar-refractivity contribution in [1.29, 1.82) is 0 Å². The summed E-state index contributed by atoms with van der Waals surface area (Å²) in [6, 6.07) is 15.5. The zero-order valence-corrected chi connectivity index (χ0v) is 9.97. The number of hydrogen-bond acceptors (Lipinski definition) is 3. The lowest BCUT2D eigenvalue weighted by atomic mass is 10.1. The molecule has 5 nitrogen and oxygen atoms in total. The SMILES string of the molecule is O=C(O)C(c1ccccc1)n1nnc2ccccc21. The van der Waals surface area contributed by atoms with Crippen molar-refractivity contribution < 1.29 is 9.90 Å². The third-order valence-corrected chi connectivity index (χ3v) is 2.97. The molecule has 1 heterocycles. The standard InChI is InChI=1S/C14H11N3O2/c18-14(19)13(10-6-2-1-3-7-10)17-12-9-5-4-8-11(12)15-16-17/h1-9,13H,(H,18,19). The van der Waals surface area contributed by atoms with Gasteiger partial charge in [0.1, 0.15) is 5.52 Å². The molecule has 0 spiro atoms. The molecule has 0 saturated carbocycles. The second kappa shape index (κ2) is 4.53. The van der Waals surface area contributed by atoms with E-state index in [1.807, 2.05) is 42.5 Å². The van der Waals surface area contributed by atoms with Crippen molar-refractivity contribution in [3.05, 3.63) is 60.2 Å². The summed E-state index contributed by atoms with van der Waals surface area (Å²) in [7, 11) is 0. The Morgan fingerprint density at radius 2 is 1.74 bits per heavy atom. The first-order valence-corrected chi connectivity index (χ1v) is 5.85.